The number of rotatable bonds is 5. The van der Waals surface area contributed by atoms with E-state index in [1.807, 2.05) is 13.8 Å². The van der Waals surface area contributed by atoms with E-state index in [2.05, 4.69) is 10.2 Å². The third-order valence-electron chi connectivity index (χ3n) is 3.04. The van der Waals surface area contributed by atoms with Gasteiger partial charge in [0.2, 0.25) is 0 Å². The van der Waals surface area contributed by atoms with Crippen molar-refractivity contribution >= 4 is 5.91 Å². The van der Waals surface area contributed by atoms with Crippen LogP contribution in [-0.4, -0.2) is 45.3 Å². The number of likely N-dealkylation sites (N-methyl/N-ethyl adjacent to an activating group) is 1. The van der Waals surface area contributed by atoms with Gasteiger partial charge >= 0.3 is 0 Å². The summed E-state index contributed by atoms with van der Waals surface area (Å²) in [5.74, 6) is -0.387. The summed E-state index contributed by atoms with van der Waals surface area (Å²) in [4.78, 5) is 25.8. The number of hydrogen-bond acceptors (Lipinski definition) is 4. The molecular weight excluding hydrogens is 258 g/mol. The van der Waals surface area contributed by atoms with E-state index in [9.17, 15) is 14.7 Å². The number of nitrogens with zero attached hydrogens (tertiary/aromatic N) is 2. The molecule has 2 N–H and O–H groups in total. The summed E-state index contributed by atoms with van der Waals surface area (Å²) < 4.78 is 0. The van der Waals surface area contributed by atoms with Gasteiger partial charge in [0.05, 0.1) is 11.3 Å². The van der Waals surface area contributed by atoms with E-state index < -0.39 is 11.2 Å². The Labute approximate surface area is 118 Å². The molecule has 20 heavy (non-hydrogen) atoms. The predicted molar refractivity (Wildman–Crippen MR) is 76.9 cm³/mol. The Hall–Kier alpha value is -1.69. The fraction of sp³-hybridized carbons (Fsp3) is 0.643. The van der Waals surface area contributed by atoms with E-state index in [1.165, 1.54) is 4.90 Å². The number of hydrogen-bond donors (Lipinski definition) is 2. The van der Waals surface area contributed by atoms with E-state index in [1.54, 1.807) is 20.9 Å². The molecule has 0 aliphatic rings. The third-order valence-corrected chi connectivity index (χ3v) is 3.04. The van der Waals surface area contributed by atoms with Gasteiger partial charge in [-0.25, -0.2) is 5.10 Å². The number of aromatic nitrogens is 2. The third kappa shape index (κ3) is 3.66. The van der Waals surface area contributed by atoms with Crippen LogP contribution in [0.2, 0.25) is 0 Å². The normalized spacial score (nSPS) is 11.5. The SMILES string of the molecule is CCc1n[nH]c(=O)c(C(=O)N(C)CC(C)(C)O)c1CC. The molecule has 6 nitrogen and oxygen atoms in total. The molecule has 1 heterocycles. The largest absolute Gasteiger partial charge is 0.389 e. The lowest BCUT2D eigenvalue weighted by molar-refractivity contribution is 0.0366. The average molecular weight is 281 g/mol. The first-order valence-corrected chi connectivity index (χ1v) is 6.79. The van der Waals surface area contributed by atoms with Gasteiger partial charge in [-0.2, -0.15) is 5.10 Å². The highest BCUT2D eigenvalue weighted by molar-refractivity contribution is 5.95. The fourth-order valence-electron chi connectivity index (χ4n) is 2.27. The minimum atomic E-state index is -1.01. The van der Waals surface area contributed by atoms with Crippen LogP contribution >= 0.6 is 0 Å². The number of aromatic amines is 1. The molecule has 0 bridgehead atoms. The zero-order chi connectivity index (χ0) is 15.5. The zero-order valence-electron chi connectivity index (χ0n) is 12.8. The Morgan fingerprint density at radius 1 is 1.35 bits per heavy atom. The molecule has 0 aliphatic heterocycles. The van der Waals surface area contributed by atoms with Gasteiger partial charge in [-0.3, -0.25) is 9.59 Å². The first-order chi connectivity index (χ1) is 9.21. The van der Waals surface area contributed by atoms with Crippen molar-refractivity contribution in [3.8, 4) is 0 Å². The van der Waals surface area contributed by atoms with Crippen LogP contribution in [0.3, 0.4) is 0 Å². The van der Waals surface area contributed by atoms with Crippen LogP contribution in [0, 0.1) is 0 Å². The van der Waals surface area contributed by atoms with Gasteiger partial charge in [0.1, 0.15) is 5.56 Å². The smallest absolute Gasteiger partial charge is 0.277 e. The molecule has 0 atom stereocenters. The molecule has 0 unspecified atom stereocenters. The molecule has 1 aromatic rings. The number of carbonyl (C=O) groups is 1. The molecular formula is C14H23N3O3. The summed E-state index contributed by atoms with van der Waals surface area (Å²) in [6.07, 6.45) is 1.22. The number of aryl methyl sites for hydroxylation is 1. The van der Waals surface area contributed by atoms with Gasteiger partial charge in [-0.05, 0) is 32.3 Å². The van der Waals surface area contributed by atoms with Crippen molar-refractivity contribution in [1.82, 2.24) is 15.1 Å². The number of aliphatic hydroxyl groups is 1. The van der Waals surface area contributed by atoms with Crippen LogP contribution < -0.4 is 5.56 Å². The summed E-state index contributed by atoms with van der Waals surface area (Å²) in [5.41, 5.74) is 0.0539. The Kier molecular flexibility index (Phi) is 5.05. The maximum Gasteiger partial charge on any atom is 0.277 e. The molecule has 1 amide bonds. The molecule has 112 valence electrons. The highest BCUT2D eigenvalue weighted by Crippen LogP contribution is 2.13. The average Bonchev–Trinajstić information content (AvgIpc) is 2.35. The molecule has 0 aromatic carbocycles. The monoisotopic (exact) mass is 281 g/mol. The van der Waals surface area contributed by atoms with Gasteiger partial charge in [-0.15, -0.1) is 0 Å². The van der Waals surface area contributed by atoms with Gasteiger partial charge in [0.15, 0.2) is 0 Å². The highest BCUT2D eigenvalue weighted by Gasteiger charge is 2.25. The Balaban J connectivity index is 3.25. The van der Waals surface area contributed by atoms with E-state index in [4.69, 9.17) is 0 Å². The van der Waals surface area contributed by atoms with Crippen molar-refractivity contribution in [2.75, 3.05) is 13.6 Å². The van der Waals surface area contributed by atoms with Crippen molar-refractivity contribution in [2.24, 2.45) is 0 Å². The summed E-state index contributed by atoms with van der Waals surface area (Å²) in [6.45, 7) is 7.20. The predicted octanol–water partition coefficient (Wildman–Crippen LogP) is 0.738. The lowest BCUT2D eigenvalue weighted by Gasteiger charge is -2.26. The zero-order valence-corrected chi connectivity index (χ0v) is 12.8. The lowest BCUT2D eigenvalue weighted by atomic mass is 10.0. The summed E-state index contributed by atoms with van der Waals surface area (Å²) in [5, 5.41) is 16.2. The fourth-order valence-corrected chi connectivity index (χ4v) is 2.27. The van der Waals surface area contributed by atoms with E-state index in [0.717, 1.165) is 5.69 Å². The van der Waals surface area contributed by atoms with Gasteiger partial charge < -0.3 is 10.0 Å². The Bertz CT molecular complexity index is 544. The van der Waals surface area contributed by atoms with Crippen molar-refractivity contribution in [3.05, 3.63) is 27.2 Å². The Morgan fingerprint density at radius 3 is 2.40 bits per heavy atom. The standard InChI is InChI=1S/C14H23N3O3/c1-6-9-10(7-2)15-16-12(18)11(9)13(19)17(5)8-14(3,4)20/h20H,6-8H2,1-5H3,(H,16,18). The Morgan fingerprint density at radius 2 is 1.95 bits per heavy atom. The van der Waals surface area contributed by atoms with Crippen LogP contribution in [0.4, 0.5) is 0 Å². The molecule has 0 radical (unpaired) electrons. The van der Waals surface area contributed by atoms with Crippen LogP contribution in [0.15, 0.2) is 4.79 Å². The summed E-state index contributed by atoms with van der Waals surface area (Å²) in [7, 11) is 1.57. The van der Waals surface area contributed by atoms with E-state index in [-0.39, 0.29) is 18.0 Å². The number of amides is 1. The first-order valence-electron chi connectivity index (χ1n) is 6.79. The lowest BCUT2D eigenvalue weighted by Crippen LogP contribution is -2.42. The number of carbonyl (C=O) groups excluding carboxylic acids is 1. The van der Waals surface area contributed by atoms with Crippen LogP contribution in [0.25, 0.3) is 0 Å². The quantitative estimate of drug-likeness (QED) is 0.833. The second kappa shape index (κ2) is 6.17. The minimum Gasteiger partial charge on any atom is -0.389 e. The minimum absolute atomic E-state index is 0.131. The van der Waals surface area contributed by atoms with Gasteiger partial charge in [0, 0.05) is 13.6 Å². The van der Waals surface area contributed by atoms with Crippen LogP contribution in [0.1, 0.15) is 49.3 Å². The van der Waals surface area contributed by atoms with Gasteiger partial charge in [0.25, 0.3) is 11.5 Å². The summed E-state index contributed by atoms with van der Waals surface area (Å²) >= 11 is 0. The number of H-pyrrole nitrogens is 1. The second-order valence-electron chi connectivity index (χ2n) is 5.53. The highest BCUT2D eigenvalue weighted by atomic mass is 16.3. The van der Waals surface area contributed by atoms with Crippen LogP contribution in [-0.2, 0) is 12.8 Å². The van der Waals surface area contributed by atoms with Crippen molar-refractivity contribution in [1.29, 1.82) is 0 Å². The van der Waals surface area contributed by atoms with Gasteiger partial charge in [-0.1, -0.05) is 13.8 Å². The maximum absolute atomic E-state index is 12.5. The molecule has 1 rings (SSSR count). The molecule has 0 fully saturated rings. The van der Waals surface area contributed by atoms with Crippen LogP contribution in [0.5, 0.6) is 0 Å². The molecule has 0 aliphatic carbocycles. The molecule has 0 saturated carbocycles. The number of nitrogens with one attached hydrogen (secondary N) is 1. The van der Waals surface area contributed by atoms with Crippen molar-refractivity contribution in [2.45, 2.75) is 46.1 Å². The summed E-state index contributed by atoms with van der Waals surface area (Å²) in [6, 6.07) is 0. The van der Waals surface area contributed by atoms with Crippen molar-refractivity contribution in [3.63, 3.8) is 0 Å². The second-order valence-corrected chi connectivity index (χ2v) is 5.53. The van der Waals surface area contributed by atoms with E-state index in [0.29, 0.717) is 18.4 Å². The molecule has 1 aromatic heterocycles. The molecule has 0 spiro atoms. The molecule has 6 heteroatoms. The van der Waals surface area contributed by atoms with E-state index >= 15 is 0 Å². The first kappa shape index (κ1) is 16.4. The van der Waals surface area contributed by atoms with Crippen molar-refractivity contribution < 1.29 is 9.90 Å². The maximum atomic E-state index is 12.5. The topological polar surface area (TPSA) is 86.3 Å². The molecule has 0 saturated heterocycles.